The Hall–Kier alpha value is -3.45. The van der Waals surface area contributed by atoms with Crippen LogP contribution in [0.5, 0.6) is 11.5 Å². The fourth-order valence-electron chi connectivity index (χ4n) is 4.39. The predicted molar refractivity (Wildman–Crippen MR) is 151 cm³/mol. The summed E-state index contributed by atoms with van der Waals surface area (Å²) in [6, 6.07) is 16.7. The summed E-state index contributed by atoms with van der Waals surface area (Å²) in [6.07, 6.45) is 1.99. The Morgan fingerprint density at radius 1 is 0.921 bits per heavy atom. The van der Waals surface area contributed by atoms with Crippen molar-refractivity contribution in [3.63, 3.8) is 0 Å². The molecule has 0 aliphatic heterocycles. The molecule has 0 aliphatic rings. The zero-order chi connectivity index (χ0) is 27.8. The predicted octanol–water partition coefficient (Wildman–Crippen LogP) is 5.74. The number of nitrogens with zero attached hydrogens (tertiary/aromatic N) is 3. The van der Waals surface area contributed by atoms with Crippen LogP contribution < -0.4 is 9.47 Å². The third-order valence-electron chi connectivity index (χ3n) is 6.34. The standard InChI is InChI=1S/C30H38ClN3O4/c1-21(2)17-33(19-24-12-10-16-32(24)18-23-11-7-8-13-25(23)31)28(35)20-34(22(3)4)30(36)29-26(37-5)14-9-15-27(29)38-6/h7-16,21-22H,17-20H2,1-6H3. The molecule has 0 aliphatic carbocycles. The topological polar surface area (TPSA) is 64.0 Å². The van der Waals surface area contributed by atoms with Crippen LogP contribution in [0, 0.1) is 5.92 Å². The molecule has 0 N–H and O–H groups in total. The van der Waals surface area contributed by atoms with Gasteiger partial charge < -0.3 is 23.8 Å². The van der Waals surface area contributed by atoms with Gasteiger partial charge in [0.2, 0.25) is 5.91 Å². The molecule has 7 nitrogen and oxygen atoms in total. The fraction of sp³-hybridized carbons (Fsp3) is 0.400. The van der Waals surface area contributed by atoms with E-state index in [1.54, 1.807) is 23.1 Å². The maximum atomic E-state index is 13.7. The smallest absolute Gasteiger partial charge is 0.262 e. The van der Waals surface area contributed by atoms with Crippen LogP contribution in [0.3, 0.4) is 0 Å². The molecule has 3 aromatic rings. The second-order valence-electron chi connectivity index (χ2n) is 9.95. The molecule has 2 amide bonds. The summed E-state index contributed by atoms with van der Waals surface area (Å²) in [6.45, 7) is 9.48. The van der Waals surface area contributed by atoms with E-state index in [1.807, 2.05) is 61.3 Å². The van der Waals surface area contributed by atoms with E-state index in [9.17, 15) is 9.59 Å². The van der Waals surface area contributed by atoms with Crippen LogP contribution in [0.2, 0.25) is 5.02 Å². The first kappa shape index (κ1) is 29.1. The summed E-state index contributed by atoms with van der Waals surface area (Å²) in [7, 11) is 3.02. The minimum absolute atomic E-state index is 0.0599. The fourth-order valence-corrected chi connectivity index (χ4v) is 4.58. The number of rotatable bonds is 12. The quantitative estimate of drug-likeness (QED) is 0.294. The number of ether oxygens (including phenoxy) is 2. The lowest BCUT2D eigenvalue weighted by atomic mass is 10.1. The molecule has 204 valence electrons. The van der Waals surface area contributed by atoms with Gasteiger partial charge in [0, 0.05) is 36.0 Å². The Morgan fingerprint density at radius 3 is 2.16 bits per heavy atom. The van der Waals surface area contributed by atoms with Gasteiger partial charge in [-0.05, 0) is 55.7 Å². The molecule has 0 saturated heterocycles. The SMILES string of the molecule is COc1cccc(OC)c1C(=O)N(CC(=O)N(Cc1cccn1Cc1ccccc1Cl)CC(C)C)C(C)C. The number of aromatic nitrogens is 1. The van der Waals surface area contributed by atoms with E-state index in [4.69, 9.17) is 21.1 Å². The molecule has 0 saturated carbocycles. The first-order valence-corrected chi connectivity index (χ1v) is 13.2. The highest BCUT2D eigenvalue weighted by atomic mass is 35.5. The summed E-state index contributed by atoms with van der Waals surface area (Å²) < 4.78 is 13.0. The van der Waals surface area contributed by atoms with Gasteiger partial charge in [0.15, 0.2) is 0 Å². The van der Waals surface area contributed by atoms with Crippen molar-refractivity contribution in [1.29, 1.82) is 0 Å². The number of carbonyl (C=O) groups excluding carboxylic acids is 2. The third-order valence-corrected chi connectivity index (χ3v) is 6.71. The summed E-state index contributed by atoms with van der Waals surface area (Å²) in [5, 5.41) is 0.708. The van der Waals surface area contributed by atoms with E-state index >= 15 is 0 Å². The van der Waals surface area contributed by atoms with E-state index in [1.165, 1.54) is 14.2 Å². The Morgan fingerprint density at radius 2 is 1.58 bits per heavy atom. The van der Waals surface area contributed by atoms with Gasteiger partial charge in [-0.1, -0.05) is 49.7 Å². The molecular weight excluding hydrogens is 502 g/mol. The van der Waals surface area contributed by atoms with Gasteiger partial charge in [0.25, 0.3) is 5.91 Å². The Labute approximate surface area is 230 Å². The number of hydrogen-bond donors (Lipinski definition) is 0. The van der Waals surface area contributed by atoms with E-state index in [2.05, 4.69) is 18.4 Å². The lowest BCUT2D eigenvalue weighted by Gasteiger charge is -2.31. The van der Waals surface area contributed by atoms with Gasteiger partial charge in [0.1, 0.15) is 23.6 Å². The normalized spacial score (nSPS) is 11.1. The maximum absolute atomic E-state index is 13.7. The van der Waals surface area contributed by atoms with Gasteiger partial charge in [-0.25, -0.2) is 0 Å². The number of methoxy groups -OCH3 is 2. The zero-order valence-electron chi connectivity index (χ0n) is 23.1. The van der Waals surface area contributed by atoms with Crippen LogP contribution in [0.1, 0.15) is 49.3 Å². The van der Waals surface area contributed by atoms with Gasteiger partial charge in [-0.2, -0.15) is 0 Å². The van der Waals surface area contributed by atoms with Gasteiger partial charge in [0.05, 0.1) is 20.8 Å². The molecule has 0 unspecified atom stereocenters. The summed E-state index contributed by atoms with van der Waals surface area (Å²) in [5.74, 6) is 0.630. The van der Waals surface area contributed by atoms with Crippen LogP contribution in [-0.2, 0) is 17.9 Å². The molecule has 8 heteroatoms. The van der Waals surface area contributed by atoms with Crippen molar-refractivity contribution in [3.8, 4) is 11.5 Å². The minimum Gasteiger partial charge on any atom is -0.496 e. The van der Waals surface area contributed by atoms with Gasteiger partial charge in [-0.3, -0.25) is 9.59 Å². The van der Waals surface area contributed by atoms with Crippen molar-refractivity contribution in [2.24, 2.45) is 5.92 Å². The van der Waals surface area contributed by atoms with Crippen LogP contribution >= 0.6 is 11.6 Å². The number of carbonyl (C=O) groups is 2. The number of halogens is 1. The van der Waals surface area contributed by atoms with Crippen LogP contribution in [0.25, 0.3) is 0 Å². The lowest BCUT2D eigenvalue weighted by molar-refractivity contribution is -0.133. The Kier molecular flexibility index (Phi) is 10.2. The molecule has 0 bridgehead atoms. The number of hydrogen-bond acceptors (Lipinski definition) is 4. The van der Waals surface area contributed by atoms with Gasteiger partial charge in [-0.15, -0.1) is 0 Å². The molecular formula is C30H38ClN3O4. The van der Waals surface area contributed by atoms with E-state index in [0.29, 0.717) is 41.7 Å². The molecule has 3 rings (SSSR count). The first-order valence-electron chi connectivity index (χ1n) is 12.8. The zero-order valence-corrected chi connectivity index (χ0v) is 23.9. The second-order valence-corrected chi connectivity index (χ2v) is 10.4. The van der Waals surface area contributed by atoms with E-state index < -0.39 is 0 Å². The molecule has 1 heterocycles. The average Bonchev–Trinajstić information content (AvgIpc) is 3.33. The highest BCUT2D eigenvalue weighted by molar-refractivity contribution is 6.31. The molecule has 0 radical (unpaired) electrons. The monoisotopic (exact) mass is 539 g/mol. The third kappa shape index (κ3) is 7.10. The maximum Gasteiger partial charge on any atom is 0.262 e. The van der Waals surface area contributed by atoms with E-state index in [0.717, 1.165) is 11.3 Å². The highest BCUT2D eigenvalue weighted by Gasteiger charge is 2.29. The Balaban J connectivity index is 1.85. The summed E-state index contributed by atoms with van der Waals surface area (Å²) in [5.41, 5.74) is 2.31. The highest BCUT2D eigenvalue weighted by Crippen LogP contribution is 2.30. The molecule has 2 aromatic carbocycles. The van der Waals surface area contributed by atoms with Crippen LogP contribution in [0.15, 0.2) is 60.8 Å². The average molecular weight is 540 g/mol. The summed E-state index contributed by atoms with van der Waals surface area (Å²) >= 11 is 6.40. The largest absolute Gasteiger partial charge is 0.496 e. The Bertz CT molecular complexity index is 1220. The van der Waals surface area contributed by atoms with Crippen molar-refractivity contribution < 1.29 is 19.1 Å². The van der Waals surface area contributed by atoms with Crippen molar-refractivity contribution >= 4 is 23.4 Å². The van der Waals surface area contributed by atoms with E-state index in [-0.39, 0.29) is 30.3 Å². The molecule has 0 atom stereocenters. The van der Waals surface area contributed by atoms with Crippen molar-refractivity contribution in [2.45, 2.75) is 46.8 Å². The van der Waals surface area contributed by atoms with Crippen LogP contribution in [0.4, 0.5) is 0 Å². The summed E-state index contributed by atoms with van der Waals surface area (Å²) in [4.78, 5) is 30.8. The molecule has 0 spiro atoms. The number of benzene rings is 2. The second kappa shape index (κ2) is 13.4. The van der Waals surface area contributed by atoms with Crippen LogP contribution in [-0.4, -0.2) is 59.5 Å². The lowest BCUT2D eigenvalue weighted by Crippen LogP contribution is -2.46. The first-order chi connectivity index (χ1) is 18.2. The van der Waals surface area contributed by atoms with Crippen molar-refractivity contribution in [3.05, 3.63) is 82.6 Å². The van der Waals surface area contributed by atoms with Gasteiger partial charge >= 0.3 is 0 Å². The van der Waals surface area contributed by atoms with Crippen molar-refractivity contribution in [2.75, 3.05) is 27.3 Å². The van der Waals surface area contributed by atoms with Crippen molar-refractivity contribution in [1.82, 2.24) is 14.4 Å². The molecule has 1 aromatic heterocycles. The molecule has 0 fully saturated rings. The number of amides is 2. The molecule has 38 heavy (non-hydrogen) atoms. The minimum atomic E-state index is -0.311.